The maximum Gasteiger partial charge on any atom is 0.253 e. The van der Waals surface area contributed by atoms with E-state index in [0.29, 0.717) is 17.3 Å². The van der Waals surface area contributed by atoms with Crippen LogP contribution in [0.15, 0.2) is 24.3 Å². The first-order valence-electron chi connectivity index (χ1n) is 7.65. The van der Waals surface area contributed by atoms with Crippen molar-refractivity contribution in [1.82, 2.24) is 10.6 Å². The van der Waals surface area contributed by atoms with Crippen LogP contribution in [0.2, 0.25) is 0 Å². The first-order chi connectivity index (χ1) is 10.2. The minimum absolute atomic E-state index is 0. The first-order valence-corrected chi connectivity index (χ1v) is 7.65. The number of piperidine rings is 1. The van der Waals surface area contributed by atoms with Crippen molar-refractivity contribution in [2.24, 2.45) is 5.92 Å². The molecule has 3 rings (SSSR count). The van der Waals surface area contributed by atoms with Gasteiger partial charge in [0.2, 0.25) is 5.91 Å². The highest BCUT2D eigenvalue weighted by molar-refractivity contribution is 6.04. The number of benzene rings is 1. The van der Waals surface area contributed by atoms with Gasteiger partial charge in [0.05, 0.1) is 11.3 Å². The molecule has 2 amide bonds. The number of carbonyl (C=O) groups excluding carboxylic acids is 2. The summed E-state index contributed by atoms with van der Waals surface area (Å²) in [6.07, 6.45) is 3.80. The van der Waals surface area contributed by atoms with Crippen LogP contribution in [0.5, 0.6) is 0 Å². The molecule has 1 aromatic rings. The Morgan fingerprint density at radius 3 is 2.41 bits per heavy atom. The first kappa shape index (κ1) is 16.8. The van der Waals surface area contributed by atoms with Crippen LogP contribution in [0.25, 0.3) is 0 Å². The molecule has 1 aliphatic carbocycles. The van der Waals surface area contributed by atoms with Crippen molar-refractivity contribution in [3.05, 3.63) is 29.8 Å². The highest BCUT2D eigenvalue weighted by Gasteiger charge is 2.26. The molecule has 120 valence electrons. The third-order valence-electron chi connectivity index (χ3n) is 4.05. The molecule has 1 aliphatic heterocycles. The number of anilines is 1. The smallest absolute Gasteiger partial charge is 0.253 e. The van der Waals surface area contributed by atoms with Crippen LogP contribution in [-0.2, 0) is 4.79 Å². The Labute approximate surface area is 136 Å². The molecule has 0 atom stereocenters. The van der Waals surface area contributed by atoms with Gasteiger partial charge >= 0.3 is 0 Å². The minimum Gasteiger partial charge on any atom is -0.349 e. The van der Waals surface area contributed by atoms with Crippen molar-refractivity contribution in [2.45, 2.75) is 31.7 Å². The largest absolute Gasteiger partial charge is 0.349 e. The molecule has 1 saturated heterocycles. The van der Waals surface area contributed by atoms with Gasteiger partial charge in [0.1, 0.15) is 0 Å². The summed E-state index contributed by atoms with van der Waals surface area (Å²) in [5.74, 6) is -0.0484. The molecule has 0 spiro atoms. The van der Waals surface area contributed by atoms with Gasteiger partial charge < -0.3 is 16.0 Å². The van der Waals surface area contributed by atoms with E-state index in [4.69, 9.17) is 0 Å². The quantitative estimate of drug-likeness (QED) is 0.793. The average Bonchev–Trinajstić information content (AvgIpc) is 3.32. The lowest BCUT2D eigenvalue weighted by molar-refractivity contribution is -0.120. The monoisotopic (exact) mass is 323 g/mol. The van der Waals surface area contributed by atoms with E-state index in [0.717, 1.165) is 38.8 Å². The Bertz CT molecular complexity index is 540. The number of halogens is 1. The van der Waals surface area contributed by atoms with Gasteiger partial charge in [-0.3, -0.25) is 9.59 Å². The maximum absolute atomic E-state index is 12.3. The SMILES string of the molecule is Cl.O=C(NC1CC1)c1ccccc1NC(=O)C1CCNCC1. The molecular weight excluding hydrogens is 302 g/mol. The van der Waals surface area contributed by atoms with E-state index < -0.39 is 0 Å². The normalized spacial score (nSPS) is 18.2. The van der Waals surface area contributed by atoms with Crippen LogP contribution < -0.4 is 16.0 Å². The van der Waals surface area contributed by atoms with Crippen LogP contribution >= 0.6 is 12.4 Å². The average molecular weight is 324 g/mol. The van der Waals surface area contributed by atoms with Crippen molar-refractivity contribution in [2.75, 3.05) is 18.4 Å². The minimum atomic E-state index is -0.0984. The molecule has 1 aromatic carbocycles. The van der Waals surface area contributed by atoms with Crippen molar-refractivity contribution >= 4 is 29.9 Å². The fraction of sp³-hybridized carbons (Fsp3) is 0.500. The number of carbonyl (C=O) groups is 2. The lowest BCUT2D eigenvalue weighted by Crippen LogP contribution is -2.35. The summed E-state index contributed by atoms with van der Waals surface area (Å²) in [6, 6.07) is 7.52. The van der Waals surface area contributed by atoms with Crippen LogP contribution in [0.3, 0.4) is 0 Å². The molecule has 0 bridgehead atoms. The van der Waals surface area contributed by atoms with E-state index >= 15 is 0 Å². The molecule has 2 fully saturated rings. The van der Waals surface area contributed by atoms with Crippen LogP contribution in [-0.4, -0.2) is 30.9 Å². The zero-order valence-electron chi connectivity index (χ0n) is 12.4. The maximum atomic E-state index is 12.3. The molecule has 1 saturated carbocycles. The Kier molecular flexibility index (Phi) is 5.80. The molecule has 2 aliphatic rings. The number of amides is 2. The van der Waals surface area contributed by atoms with E-state index in [9.17, 15) is 9.59 Å². The molecule has 5 nitrogen and oxygen atoms in total. The Morgan fingerprint density at radius 1 is 1.05 bits per heavy atom. The van der Waals surface area contributed by atoms with Crippen LogP contribution in [0, 0.1) is 5.92 Å². The highest BCUT2D eigenvalue weighted by Crippen LogP contribution is 2.22. The second kappa shape index (κ2) is 7.61. The zero-order valence-corrected chi connectivity index (χ0v) is 13.2. The van der Waals surface area contributed by atoms with E-state index in [1.54, 1.807) is 12.1 Å². The number of hydrogen-bond donors (Lipinski definition) is 3. The van der Waals surface area contributed by atoms with Gasteiger partial charge in [-0.2, -0.15) is 0 Å². The topological polar surface area (TPSA) is 70.2 Å². The summed E-state index contributed by atoms with van der Waals surface area (Å²) < 4.78 is 0. The van der Waals surface area contributed by atoms with Gasteiger partial charge in [-0.1, -0.05) is 12.1 Å². The third kappa shape index (κ3) is 4.21. The molecule has 3 N–H and O–H groups in total. The Hall–Kier alpha value is -1.59. The van der Waals surface area contributed by atoms with E-state index in [1.807, 2.05) is 12.1 Å². The molecular formula is C16H22ClN3O2. The van der Waals surface area contributed by atoms with Crippen molar-refractivity contribution in [1.29, 1.82) is 0 Å². The fourth-order valence-electron chi connectivity index (χ4n) is 2.60. The molecule has 0 unspecified atom stereocenters. The second-order valence-electron chi connectivity index (χ2n) is 5.81. The van der Waals surface area contributed by atoms with E-state index in [1.165, 1.54) is 0 Å². The summed E-state index contributed by atoms with van der Waals surface area (Å²) in [6.45, 7) is 1.75. The number of para-hydroxylation sites is 1. The summed E-state index contributed by atoms with van der Waals surface area (Å²) >= 11 is 0. The number of nitrogens with one attached hydrogen (secondary N) is 3. The predicted octanol–water partition coefficient (Wildman–Crippen LogP) is 1.94. The van der Waals surface area contributed by atoms with Gasteiger partial charge in [0.15, 0.2) is 0 Å². The summed E-state index contributed by atoms with van der Waals surface area (Å²) in [5.41, 5.74) is 1.16. The van der Waals surface area contributed by atoms with Gasteiger partial charge in [0, 0.05) is 12.0 Å². The van der Waals surface area contributed by atoms with Gasteiger partial charge in [-0.25, -0.2) is 0 Å². The van der Waals surface area contributed by atoms with Gasteiger partial charge in [0.25, 0.3) is 5.91 Å². The molecule has 6 heteroatoms. The lowest BCUT2D eigenvalue weighted by atomic mass is 9.97. The highest BCUT2D eigenvalue weighted by atomic mass is 35.5. The molecule has 0 aromatic heterocycles. The molecule has 0 radical (unpaired) electrons. The summed E-state index contributed by atoms with van der Waals surface area (Å²) in [4.78, 5) is 24.5. The molecule has 22 heavy (non-hydrogen) atoms. The standard InChI is InChI=1S/C16H21N3O2.ClH/c20-15(11-7-9-17-10-8-11)19-14-4-2-1-3-13(14)16(21)18-12-5-6-12;/h1-4,11-12,17H,5-10H2,(H,18,21)(H,19,20);1H. The van der Waals surface area contributed by atoms with Gasteiger partial charge in [-0.05, 0) is 50.9 Å². The van der Waals surface area contributed by atoms with Crippen LogP contribution in [0.4, 0.5) is 5.69 Å². The van der Waals surface area contributed by atoms with E-state index in [2.05, 4.69) is 16.0 Å². The van der Waals surface area contributed by atoms with Crippen molar-refractivity contribution in [3.63, 3.8) is 0 Å². The number of rotatable bonds is 4. The van der Waals surface area contributed by atoms with E-state index in [-0.39, 0.29) is 30.1 Å². The van der Waals surface area contributed by atoms with Crippen molar-refractivity contribution < 1.29 is 9.59 Å². The Morgan fingerprint density at radius 2 is 1.73 bits per heavy atom. The fourth-order valence-corrected chi connectivity index (χ4v) is 2.60. The lowest BCUT2D eigenvalue weighted by Gasteiger charge is -2.22. The summed E-state index contributed by atoms with van der Waals surface area (Å²) in [7, 11) is 0. The predicted molar refractivity (Wildman–Crippen MR) is 88.4 cm³/mol. The van der Waals surface area contributed by atoms with Crippen molar-refractivity contribution in [3.8, 4) is 0 Å². The summed E-state index contributed by atoms with van der Waals surface area (Å²) in [5, 5.41) is 9.14. The zero-order chi connectivity index (χ0) is 14.7. The second-order valence-corrected chi connectivity index (χ2v) is 5.81. The van der Waals surface area contributed by atoms with Crippen LogP contribution in [0.1, 0.15) is 36.0 Å². The Balaban J connectivity index is 0.00000176. The molecule has 1 heterocycles. The third-order valence-corrected chi connectivity index (χ3v) is 4.05. The number of hydrogen-bond acceptors (Lipinski definition) is 3. The van der Waals surface area contributed by atoms with Gasteiger partial charge in [-0.15, -0.1) is 12.4 Å².